The molecule has 1 aromatic carbocycles. The van der Waals surface area contributed by atoms with E-state index < -0.39 is 21.4 Å². The molecule has 0 aromatic heterocycles. The van der Waals surface area contributed by atoms with Crippen LogP contribution in [0.25, 0.3) is 0 Å². The highest BCUT2D eigenvalue weighted by molar-refractivity contribution is 7.92. The van der Waals surface area contributed by atoms with Crippen molar-refractivity contribution in [3.63, 3.8) is 0 Å². The molecular formula is C12H15FO4S. The van der Waals surface area contributed by atoms with Gasteiger partial charge in [-0.05, 0) is 17.7 Å². The number of rotatable bonds is 7. The van der Waals surface area contributed by atoms with Gasteiger partial charge in [0, 0.05) is 13.5 Å². The largest absolute Gasteiger partial charge is 0.384 e. The van der Waals surface area contributed by atoms with Gasteiger partial charge in [-0.2, -0.15) is 0 Å². The van der Waals surface area contributed by atoms with Crippen LogP contribution >= 0.6 is 0 Å². The molecule has 6 heteroatoms. The molecule has 0 unspecified atom stereocenters. The van der Waals surface area contributed by atoms with Crippen molar-refractivity contribution in [1.29, 1.82) is 0 Å². The molecule has 0 saturated heterocycles. The number of carbonyl (C=O) groups excluding carboxylic acids is 1. The summed E-state index contributed by atoms with van der Waals surface area (Å²) in [7, 11) is -2.02. The van der Waals surface area contributed by atoms with Crippen LogP contribution in [-0.4, -0.2) is 39.4 Å². The Morgan fingerprint density at radius 1 is 1.28 bits per heavy atom. The minimum Gasteiger partial charge on any atom is -0.384 e. The lowest BCUT2D eigenvalue weighted by molar-refractivity contribution is -0.116. The van der Waals surface area contributed by atoms with Crippen molar-refractivity contribution in [2.75, 3.05) is 25.2 Å². The average molecular weight is 274 g/mol. The van der Waals surface area contributed by atoms with Gasteiger partial charge in [0.25, 0.3) is 0 Å². The van der Waals surface area contributed by atoms with Gasteiger partial charge < -0.3 is 4.74 Å². The monoisotopic (exact) mass is 274 g/mol. The van der Waals surface area contributed by atoms with Crippen molar-refractivity contribution in [1.82, 2.24) is 0 Å². The van der Waals surface area contributed by atoms with E-state index >= 15 is 0 Å². The number of benzene rings is 1. The fourth-order valence-electron chi connectivity index (χ4n) is 1.41. The van der Waals surface area contributed by atoms with Gasteiger partial charge in [0.2, 0.25) is 0 Å². The Morgan fingerprint density at radius 3 is 2.44 bits per heavy atom. The van der Waals surface area contributed by atoms with Gasteiger partial charge in [-0.15, -0.1) is 0 Å². The van der Waals surface area contributed by atoms with Crippen LogP contribution in [0.15, 0.2) is 24.3 Å². The number of methoxy groups -OCH3 is 1. The lowest BCUT2D eigenvalue weighted by atomic mass is 10.1. The number of hydrogen-bond acceptors (Lipinski definition) is 4. The van der Waals surface area contributed by atoms with Crippen molar-refractivity contribution in [3.05, 3.63) is 35.6 Å². The average Bonchev–Trinajstić information content (AvgIpc) is 2.29. The summed E-state index contributed by atoms with van der Waals surface area (Å²) in [5, 5.41) is 0. The summed E-state index contributed by atoms with van der Waals surface area (Å²) in [6, 6.07) is 5.41. The lowest BCUT2D eigenvalue weighted by Crippen LogP contribution is -2.22. The molecule has 0 fully saturated rings. The minimum atomic E-state index is -3.42. The maximum absolute atomic E-state index is 12.6. The Balaban J connectivity index is 2.54. The maximum Gasteiger partial charge on any atom is 0.159 e. The van der Waals surface area contributed by atoms with Crippen LogP contribution in [0.2, 0.25) is 0 Å². The molecule has 0 radical (unpaired) electrons. The van der Waals surface area contributed by atoms with E-state index in [1.54, 1.807) is 0 Å². The molecular weight excluding hydrogens is 259 g/mol. The standard InChI is InChI=1S/C12H15FO4S/c1-17-6-7-18(15,16)9-12(14)8-10-2-4-11(13)5-3-10/h2-5H,6-9H2,1H3. The van der Waals surface area contributed by atoms with Crippen LogP contribution in [-0.2, 0) is 25.8 Å². The number of ketones is 1. The molecule has 0 heterocycles. The highest BCUT2D eigenvalue weighted by Gasteiger charge is 2.16. The summed E-state index contributed by atoms with van der Waals surface area (Å²) in [6.07, 6.45) is -0.00745. The molecule has 100 valence electrons. The van der Waals surface area contributed by atoms with E-state index in [9.17, 15) is 17.6 Å². The van der Waals surface area contributed by atoms with Crippen molar-refractivity contribution >= 4 is 15.6 Å². The van der Waals surface area contributed by atoms with Crippen molar-refractivity contribution in [2.45, 2.75) is 6.42 Å². The number of sulfone groups is 1. The number of hydrogen-bond donors (Lipinski definition) is 0. The Bertz CT molecular complexity index is 493. The van der Waals surface area contributed by atoms with E-state index in [1.807, 2.05) is 0 Å². The summed E-state index contributed by atoms with van der Waals surface area (Å²) in [5.41, 5.74) is 0.600. The second-order valence-electron chi connectivity index (χ2n) is 3.93. The van der Waals surface area contributed by atoms with Crippen molar-refractivity contribution in [3.8, 4) is 0 Å². The van der Waals surface area contributed by atoms with E-state index in [-0.39, 0.29) is 24.6 Å². The third kappa shape index (κ3) is 5.37. The van der Waals surface area contributed by atoms with E-state index in [1.165, 1.54) is 31.4 Å². The van der Waals surface area contributed by atoms with Gasteiger partial charge in [0.05, 0.1) is 12.4 Å². The number of carbonyl (C=O) groups is 1. The highest BCUT2D eigenvalue weighted by atomic mass is 32.2. The first kappa shape index (κ1) is 14.8. The second-order valence-corrected chi connectivity index (χ2v) is 6.11. The Morgan fingerprint density at radius 2 is 1.89 bits per heavy atom. The minimum absolute atomic E-state index is 0.00745. The van der Waals surface area contributed by atoms with Gasteiger partial charge in [0.1, 0.15) is 11.6 Å². The molecule has 0 aliphatic carbocycles. The Kier molecular flexibility index (Phi) is 5.43. The van der Waals surface area contributed by atoms with Crippen LogP contribution in [0.3, 0.4) is 0 Å². The molecule has 0 atom stereocenters. The maximum atomic E-state index is 12.6. The number of ether oxygens (including phenoxy) is 1. The fourth-order valence-corrected chi connectivity index (χ4v) is 2.57. The quantitative estimate of drug-likeness (QED) is 0.744. The highest BCUT2D eigenvalue weighted by Crippen LogP contribution is 2.05. The molecule has 0 saturated carbocycles. The summed E-state index contributed by atoms with van der Waals surface area (Å²) in [5.74, 6) is -1.47. The fraction of sp³-hybridized carbons (Fsp3) is 0.417. The third-order valence-electron chi connectivity index (χ3n) is 2.29. The summed E-state index contributed by atoms with van der Waals surface area (Å²) in [4.78, 5) is 11.6. The van der Waals surface area contributed by atoms with Crippen LogP contribution in [0.1, 0.15) is 5.56 Å². The summed E-state index contributed by atoms with van der Waals surface area (Å²) >= 11 is 0. The molecule has 18 heavy (non-hydrogen) atoms. The van der Waals surface area contributed by atoms with Crippen LogP contribution < -0.4 is 0 Å². The predicted molar refractivity (Wildman–Crippen MR) is 65.6 cm³/mol. The topological polar surface area (TPSA) is 60.4 Å². The van der Waals surface area contributed by atoms with E-state index in [0.29, 0.717) is 5.56 Å². The first-order valence-corrected chi connectivity index (χ1v) is 7.20. The lowest BCUT2D eigenvalue weighted by Gasteiger charge is -2.03. The van der Waals surface area contributed by atoms with Crippen molar-refractivity contribution < 1.29 is 22.3 Å². The molecule has 0 aliphatic rings. The first-order valence-electron chi connectivity index (χ1n) is 5.38. The molecule has 1 rings (SSSR count). The molecule has 0 aliphatic heterocycles. The SMILES string of the molecule is COCCS(=O)(=O)CC(=O)Cc1ccc(F)cc1. The zero-order chi connectivity index (χ0) is 13.6. The van der Waals surface area contributed by atoms with Gasteiger partial charge in [-0.25, -0.2) is 12.8 Å². The Hall–Kier alpha value is -1.27. The number of Topliss-reactive ketones (excluding diaryl/α,β-unsaturated/α-hetero) is 1. The van der Waals surface area contributed by atoms with E-state index in [4.69, 9.17) is 0 Å². The van der Waals surface area contributed by atoms with E-state index in [2.05, 4.69) is 4.74 Å². The Labute approximate surface area is 106 Å². The van der Waals surface area contributed by atoms with Gasteiger partial charge in [0.15, 0.2) is 15.6 Å². The van der Waals surface area contributed by atoms with Crippen molar-refractivity contribution in [2.24, 2.45) is 0 Å². The zero-order valence-electron chi connectivity index (χ0n) is 10.1. The van der Waals surface area contributed by atoms with Crippen LogP contribution in [0.4, 0.5) is 4.39 Å². The third-order valence-corrected chi connectivity index (χ3v) is 3.84. The molecule has 4 nitrogen and oxygen atoms in total. The molecule has 0 bridgehead atoms. The summed E-state index contributed by atoms with van der Waals surface area (Å²) in [6.45, 7) is 0.0756. The normalized spacial score (nSPS) is 11.4. The number of halogens is 1. The van der Waals surface area contributed by atoms with Crippen LogP contribution in [0.5, 0.6) is 0 Å². The van der Waals surface area contributed by atoms with Gasteiger partial charge in [-0.1, -0.05) is 12.1 Å². The summed E-state index contributed by atoms with van der Waals surface area (Å²) < 4.78 is 40.3. The molecule has 1 aromatic rings. The first-order chi connectivity index (χ1) is 8.43. The second kappa shape index (κ2) is 6.61. The molecule has 0 N–H and O–H groups in total. The zero-order valence-corrected chi connectivity index (χ0v) is 10.9. The predicted octanol–water partition coefficient (Wildman–Crippen LogP) is 0.998. The van der Waals surface area contributed by atoms with E-state index in [0.717, 1.165) is 0 Å². The molecule has 0 spiro atoms. The van der Waals surface area contributed by atoms with Gasteiger partial charge >= 0.3 is 0 Å². The van der Waals surface area contributed by atoms with Gasteiger partial charge in [-0.3, -0.25) is 4.79 Å². The molecule has 0 amide bonds. The van der Waals surface area contributed by atoms with Crippen LogP contribution in [0, 0.1) is 5.82 Å². The smallest absolute Gasteiger partial charge is 0.159 e.